The highest BCUT2D eigenvalue weighted by Crippen LogP contribution is 2.35. The Morgan fingerprint density at radius 2 is 1.50 bits per heavy atom. The Kier molecular flexibility index (Phi) is 7.92. The molecule has 0 aliphatic heterocycles. The van der Waals surface area contributed by atoms with Crippen LogP contribution in [-0.4, -0.2) is 5.16 Å². The molecule has 14 heavy (non-hydrogen) atoms. The van der Waals surface area contributed by atoms with Crippen LogP contribution in [0.4, 0.5) is 0 Å². The van der Waals surface area contributed by atoms with Crippen molar-refractivity contribution >= 4 is 9.24 Å². The second-order valence-electron chi connectivity index (χ2n) is 5.15. The number of hydrogen-bond donors (Lipinski definition) is 0. The molecule has 0 saturated heterocycles. The molecule has 0 saturated carbocycles. The Morgan fingerprint density at radius 3 is 1.86 bits per heavy atom. The first-order chi connectivity index (χ1) is 6.54. The molecule has 0 heterocycles. The van der Waals surface area contributed by atoms with Gasteiger partial charge in [-0.1, -0.05) is 53.4 Å². The molecule has 0 N–H and O–H groups in total. The fourth-order valence-electron chi connectivity index (χ4n) is 2.23. The first-order valence-corrected chi connectivity index (χ1v) is 6.90. The summed E-state index contributed by atoms with van der Waals surface area (Å²) in [6.07, 6.45) is 9.60. The van der Waals surface area contributed by atoms with E-state index in [1.807, 2.05) is 0 Å². The summed E-state index contributed by atoms with van der Waals surface area (Å²) in [6.45, 7) is 9.25. The van der Waals surface area contributed by atoms with E-state index in [1.54, 1.807) is 0 Å². The van der Waals surface area contributed by atoms with Crippen LogP contribution in [0.15, 0.2) is 0 Å². The Morgan fingerprint density at radius 1 is 1.00 bits per heavy atom. The summed E-state index contributed by atoms with van der Waals surface area (Å²) < 4.78 is 0. The molecule has 0 bridgehead atoms. The largest absolute Gasteiger partial charge is 0.131 e. The van der Waals surface area contributed by atoms with Crippen molar-refractivity contribution in [3.63, 3.8) is 0 Å². The van der Waals surface area contributed by atoms with Crippen molar-refractivity contribution in [1.82, 2.24) is 0 Å². The van der Waals surface area contributed by atoms with E-state index < -0.39 is 0 Å². The minimum Gasteiger partial charge on any atom is -0.131 e. The fraction of sp³-hybridized carbons (Fsp3) is 1.00. The van der Waals surface area contributed by atoms with E-state index in [-0.39, 0.29) is 0 Å². The summed E-state index contributed by atoms with van der Waals surface area (Å²) in [5.41, 5.74) is 0. The van der Waals surface area contributed by atoms with Crippen molar-refractivity contribution in [3.8, 4) is 0 Å². The molecule has 0 aliphatic rings. The summed E-state index contributed by atoms with van der Waals surface area (Å²) in [5, 5.41) is 0.554. The van der Waals surface area contributed by atoms with E-state index in [9.17, 15) is 0 Å². The van der Waals surface area contributed by atoms with Gasteiger partial charge < -0.3 is 0 Å². The van der Waals surface area contributed by atoms with Crippen molar-refractivity contribution in [2.24, 2.45) is 5.92 Å². The van der Waals surface area contributed by atoms with Crippen molar-refractivity contribution in [1.29, 1.82) is 0 Å². The molecule has 0 radical (unpaired) electrons. The zero-order valence-corrected chi connectivity index (χ0v) is 11.8. The Labute approximate surface area is 93.4 Å². The Hall–Kier alpha value is 0.430. The average Bonchev–Trinajstić information content (AvgIpc) is 2.03. The zero-order chi connectivity index (χ0) is 11.0. The Bertz CT molecular complexity index is 123. The summed E-state index contributed by atoms with van der Waals surface area (Å²) in [6, 6.07) is 0. The molecule has 1 unspecified atom stereocenters. The number of hydrogen-bond acceptors (Lipinski definition) is 0. The third-order valence-electron chi connectivity index (χ3n) is 2.95. The monoisotopic (exact) mass is 216 g/mol. The second kappa shape index (κ2) is 7.69. The van der Waals surface area contributed by atoms with Crippen LogP contribution in [0.1, 0.15) is 72.6 Å². The van der Waals surface area contributed by atoms with Gasteiger partial charge in [0.25, 0.3) is 0 Å². The molecule has 0 aliphatic carbocycles. The lowest BCUT2D eigenvalue weighted by Gasteiger charge is -2.29. The third kappa shape index (κ3) is 6.82. The predicted octanol–water partition coefficient (Wildman–Crippen LogP) is 5.03. The highest BCUT2D eigenvalue weighted by Gasteiger charge is 2.21. The van der Waals surface area contributed by atoms with E-state index in [4.69, 9.17) is 0 Å². The van der Waals surface area contributed by atoms with Crippen molar-refractivity contribution in [3.05, 3.63) is 0 Å². The van der Waals surface area contributed by atoms with Gasteiger partial charge in [0.2, 0.25) is 0 Å². The Balaban J connectivity index is 3.83. The van der Waals surface area contributed by atoms with Gasteiger partial charge in [0.05, 0.1) is 0 Å². The van der Waals surface area contributed by atoms with Crippen molar-refractivity contribution in [2.75, 3.05) is 0 Å². The van der Waals surface area contributed by atoms with Gasteiger partial charge in [0.15, 0.2) is 0 Å². The van der Waals surface area contributed by atoms with Gasteiger partial charge in [0, 0.05) is 0 Å². The van der Waals surface area contributed by atoms with Crippen LogP contribution in [0.25, 0.3) is 0 Å². The topological polar surface area (TPSA) is 0 Å². The van der Waals surface area contributed by atoms with E-state index >= 15 is 0 Å². The lowest BCUT2D eigenvalue weighted by atomic mass is 9.90. The molecule has 0 aromatic heterocycles. The van der Waals surface area contributed by atoms with E-state index in [0.717, 1.165) is 5.92 Å². The smallest absolute Gasteiger partial charge is 0.0150 e. The van der Waals surface area contributed by atoms with Crippen LogP contribution in [-0.2, 0) is 0 Å². The SMILES string of the molecule is CCCC(P)(CCC)CCCC(C)C. The highest BCUT2D eigenvalue weighted by atomic mass is 31.0. The highest BCUT2D eigenvalue weighted by molar-refractivity contribution is 7.19. The minimum absolute atomic E-state index is 0.554. The third-order valence-corrected chi connectivity index (χ3v) is 3.82. The zero-order valence-electron chi connectivity index (χ0n) is 10.6. The van der Waals surface area contributed by atoms with Gasteiger partial charge in [-0.05, 0) is 30.3 Å². The van der Waals surface area contributed by atoms with E-state index in [0.29, 0.717) is 5.16 Å². The fourth-order valence-corrected chi connectivity index (χ4v) is 3.01. The van der Waals surface area contributed by atoms with Crippen molar-refractivity contribution < 1.29 is 0 Å². The van der Waals surface area contributed by atoms with E-state index in [2.05, 4.69) is 36.9 Å². The van der Waals surface area contributed by atoms with Gasteiger partial charge in [-0.15, -0.1) is 9.24 Å². The molecule has 86 valence electrons. The number of rotatable bonds is 8. The molecule has 0 aromatic rings. The van der Waals surface area contributed by atoms with Gasteiger partial charge >= 0.3 is 0 Å². The maximum atomic E-state index is 3.14. The average molecular weight is 216 g/mol. The molecule has 0 amide bonds. The molecule has 1 heteroatoms. The van der Waals surface area contributed by atoms with Crippen LogP contribution in [0.2, 0.25) is 0 Å². The maximum absolute atomic E-state index is 3.14. The minimum atomic E-state index is 0.554. The van der Waals surface area contributed by atoms with Gasteiger partial charge in [-0.2, -0.15) is 0 Å². The predicted molar refractivity (Wildman–Crippen MR) is 70.9 cm³/mol. The quantitative estimate of drug-likeness (QED) is 0.499. The maximum Gasteiger partial charge on any atom is -0.0150 e. The second-order valence-corrected chi connectivity index (χ2v) is 6.37. The lowest BCUT2D eigenvalue weighted by molar-refractivity contribution is 0.418. The van der Waals surface area contributed by atoms with Crippen LogP contribution in [0, 0.1) is 5.92 Å². The van der Waals surface area contributed by atoms with Crippen molar-refractivity contribution in [2.45, 2.75) is 77.8 Å². The standard InChI is InChI=1S/C13H29P/c1-5-9-13(14,10-6-2)11-7-8-12(3)4/h12H,5-11,14H2,1-4H3. The first kappa shape index (κ1) is 14.4. The molecular formula is C13H29P. The van der Waals surface area contributed by atoms with E-state index in [1.165, 1.54) is 44.9 Å². The first-order valence-electron chi connectivity index (χ1n) is 6.33. The molecule has 0 fully saturated rings. The van der Waals surface area contributed by atoms with Gasteiger partial charge in [-0.25, -0.2) is 0 Å². The summed E-state index contributed by atoms with van der Waals surface area (Å²) in [7, 11) is 3.14. The molecular weight excluding hydrogens is 187 g/mol. The van der Waals surface area contributed by atoms with Gasteiger partial charge in [-0.3, -0.25) is 0 Å². The lowest BCUT2D eigenvalue weighted by Crippen LogP contribution is -2.20. The van der Waals surface area contributed by atoms with Crippen LogP contribution >= 0.6 is 9.24 Å². The molecule has 0 spiro atoms. The van der Waals surface area contributed by atoms with Crippen LogP contribution in [0.5, 0.6) is 0 Å². The summed E-state index contributed by atoms with van der Waals surface area (Å²) in [5.74, 6) is 0.868. The molecule has 0 aromatic carbocycles. The van der Waals surface area contributed by atoms with Gasteiger partial charge in [0.1, 0.15) is 0 Å². The van der Waals surface area contributed by atoms with Crippen LogP contribution in [0.3, 0.4) is 0 Å². The summed E-state index contributed by atoms with van der Waals surface area (Å²) in [4.78, 5) is 0. The molecule has 0 rings (SSSR count). The molecule has 0 nitrogen and oxygen atoms in total. The molecule has 1 atom stereocenters. The normalized spacial score (nSPS) is 12.4. The summed E-state index contributed by atoms with van der Waals surface area (Å²) >= 11 is 0. The van der Waals surface area contributed by atoms with Crippen LogP contribution < -0.4 is 0 Å².